The average molecular weight is 410 g/mol. The summed E-state index contributed by atoms with van der Waals surface area (Å²) in [7, 11) is 1.61. The maximum Gasteiger partial charge on any atom is 0.419 e. The van der Waals surface area contributed by atoms with Crippen molar-refractivity contribution in [2.45, 2.75) is 13.3 Å². The molecule has 2 aromatic carbocycles. The van der Waals surface area contributed by atoms with Gasteiger partial charge in [-0.05, 0) is 36.2 Å². The molecule has 0 radical (unpaired) electrons. The van der Waals surface area contributed by atoms with Crippen LogP contribution in [0.1, 0.15) is 22.8 Å². The Bertz CT molecular complexity index is 1310. The standard InChI is InChI=1S/C21H16F2N4O3/c1-3-11-7-17-16(27(2)21(29)30-17)8-12(11)15-9-25-18(10-24-15)26-20(28)19-13(22)5-4-6-14(19)23/h4-10H,3H2,1-2H3,(H,25,26,28). The van der Waals surface area contributed by atoms with Crippen molar-refractivity contribution in [3.8, 4) is 11.3 Å². The lowest BCUT2D eigenvalue weighted by molar-refractivity contribution is 0.101. The van der Waals surface area contributed by atoms with Gasteiger partial charge in [-0.25, -0.2) is 18.6 Å². The summed E-state index contributed by atoms with van der Waals surface area (Å²) in [5, 5.41) is 2.34. The number of rotatable bonds is 4. The van der Waals surface area contributed by atoms with Gasteiger partial charge in [-0.2, -0.15) is 0 Å². The molecule has 0 spiro atoms. The Morgan fingerprint density at radius 1 is 1.17 bits per heavy atom. The number of aromatic nitrogens is 3. The molecule has 0 unspecified atom stereocenters. The van der Waals surface area contributed by atoms with Crippen LogP contribution in [0.3, 0.4) is 0 Å². The molecule has 0 aliphatic rings. The molecule has 1 amide bonds. The van der Waals surface area contributed by atoms with Crippen molar-refractivity contribution in [2.24, 2.45) is 7.05 Å². The van der Waals surface area contributed by atoms with E-state index in [1.54, 1.807) is 19.2 Å². The Balaban J connectivity index is 1.66. The van der Waals surface area contributed by atoms with E-state index in [1.165, 1.54) is 23.0 Å². The number of carbonyl (C=O) groups is 1. The lowest BCUT2D eigenvalue weighted by atomic mass is 10.0. The van der Waals surface area contributed by atoms with E-state index in [1.807, 2.05) is 6.92 Å². The molecule has 0 aliphatic carbocycles. The first kappa shape index (κ1) is 19.4. The van der Waals surface area contributed by atoms with Crippen LogP contribution in [0.25, 0.3) is 22.4 Å². The summed E-state index contributed by atoms with van der Waals surface area (Å²) in [6.45, 7) is 1.96. The van der Waals surface area contributed by atoms with Crippen molar-refractivity contribution in [1.29, 1.82) is 0 Å². The fourth-order valence-corrected chi connectivity index (χ4v) is 3.17. The minimum absolute atomic E-state index is 0.0428. The number of benzene rings is 2. The highest BCUT2D eigenvalue weighted by Gasteiger charge is 2.18. The second kappa shape index (κ2) is 7.51. The predicted octanol–water partition coefficient (Wildman–Crippen LogP) is 3.68. The Morgan fingerprint density at radius 3 is 2.53 bits per heavy atom. The molecule has 4 rings (SSSR count). The number of oxazole rings is 1. The fraction of sp³-hybridized carbons (Fsp3) is 0.143. The summed E-state index contributed by atoms with van der Waals surface area (Å²) in [4.78, 5) is 32.4. The predicted molar refractivity (Wildman–Crippen MR) is 106 cm³/mol. The molecule has 9 heteroatoms. The van der Waals surface area contributed by atoms with Crippen molar-refractivity contribution in [3.63, 3.8) is 0 Å². The Kier molecular flexibility index (Phi) is 4.86. The van der Waals surface area contributed by atoms with E-state index in [2.05, 4.69) is 15.3 Å². The number of carbonyl (C=O) groups excluding carboxylic acids is 1. The summed E-state index contributed by atoms with van der Waals surface area (Å²) in [5.41, 5.74) is 2.57. The van der Waals surface area contributed by atoms with Gasteiger partial charge in [-0.1, -0.05) is 13.0 Å². The van der Waals surface area contributed by atoms with E-state index in [9.17, 15) is 18.4 Å². The third-order valence-electron chi connectivity index (χ3n) is 4.76. The topological polar surface area (TPSA) is 90.0 Å². The van der Waals surface area contributed by atoms with Gasteiger partial charge in [0.25, 0.3) is 5.91 Å². The maximum atomic E-state index is 13.8. The van der Waals surface area contributed by atoms with Crippen LogP contribution in [0.2, 0.25) is 0 Å². The highest BCUT2D eigenvalue weighted by molar-refractivity contribution is 6.04. The molecule has 30 heavy (non-hydrogen) atoms. The van der Waals surface area contributed by atoms with Crippen LogP contribution in [-0.4, -0.2) is 20.4 Å². The zero-order chi connectivity index (χ0) is 21.4. The van der Waals surface area contributed by atoms with Crippen molar-refractivity contribution >= 4 is 22.8 Å². The van der Waals surface area contributed by atoms with Gasteiger partial charge in [0, 0.05) is 12.6 Å². The third-order valence-corrected chi connectivity index (χ3v) is 4.76. The molecule has 0 saturated carbocycles. The SMILES string of the molecule is CCc1cc2oc(=O)n(C)c2cc1-c1cnc(NC(=O)c2c(F)cccc2F)cn1. The van der Waals surface area contributed by atoms with E-state index in [4.69, 9.17) is 4.42 Å². The molecule has 7 nitrogen and oxygen atoms in total. The highest BCUT2D eigenvalue weighted by Crippen LogP contribution is 2.27. The number of aryl methyl sites for hydroxylation is 2. The maximum absolute atomic E-state index is 13.8. The smallest absolute Gasteiger partial charge is 0.408 e. The van der Waals surface area contributed by atoms with Crippen LogP contribution < -0.4 is 11.1 Å². The zero-order valence-electron chi connectivity index (χ0n) is 16.1. The number of anilines is 1. The second-order valence-electron chi connectivity index (χ2n) is 6.60. The van der Waals surface area contributed by atoms with E-state index < -0.39 is 28.9 Å². The van der Waals surface area contributed by atoms with Crippen LogP contribution in [-0.2, 0) is 13.5 Å². The van der Waals surface area contributed by atoms with Crippen LogP contribution in [0.5, 0.6) is 0 Å². The minimum atomic E-state index is -0.969. The van der Waals surface area contributed by atoms with Gasteiger partial charge in [0.1, 0.15) is 17.2 Å². The van der Waals surface area contributed by atoms with Crippen LogP contribution in [0.4, 0.5) is 14.6 Å². The molecule has 4 aromatic rings. The van der Waals surface area contributed by atoms with Crippen molar-refractivity contribution in [1.82, 2.24) is 14.5 Å². The largest absolute Gasteiger partial charge is 0.419 e. The number of amides is 1. The number of fused-ring (bicyclic) bond motifs is 1. The van der Waals surface area contributed by atoms with E-state index in [0.717, 1.165) is 23.3 Å². The van der Waals surface area contributed by atoms with E-state index in [-0.39, 0.29) is 5.82 Å². The Labute approximate surface area is 169 Å². The molecule has 0 atom stereocenters. The summed E-state index contributed by atoms with van der Waals surface area (Å²) in [6, 6.07) is 6.74. The first-order chi connectivity index (χ1) is 14.4. The first-order valence-electron chi connectivity index (χ1n) is 9.09. The number of nitrogens with zero attached hydrogens (tertiary/aromatic N) is 3. The van der Waals surface area contributed by atoms with Gasteiger partial charge in [-0.15, -0.1) is 0 Å². The van der Waals surface area contributed by atoms with Gasteiger partial charge in [0.2, 0.25) is 0 Å². The first-order valence-corrected chi connectivity index (χ1v) is 9.09. The monoisotopic (exact) mass is 410 g/mol. The molecule has 1 N–H and O–H groups in total. The summed E-state index contributed by atoms with van der Waals surface area (Å²) >= 11 is 0. The summed E-state index contributed by atoms with van der Waals surface area (Å²) in [6.07, 6.45) is 3.40. The van der Waals surface area contributed by atoms with Gasteiger partial charge in [0.05, 0.1) is 23.6 Å². The number of hydrogen-bond donors (Lipinski definition) is 1. The van der Waals surface area contributed by atoms with Gasteiger partial charge in [-0.3, -0.25) is 14.3 Å². The van der Waals surface area contributed by atoms with Gasteiger partial charge < -0.3 is 9.73 Å². The van der Waals surface area contributed by atoms with Crippen molar-refractivity contribution in [2.75, 3.05) is 5.32 Å². The Morgan fingerprint density at radius 2 is 1.90 bits per heavy atom. The Hall–Kier alpha value is -3.88. The summed E-state index contributed by atoms with van der Waals surface area (Å²) in [5.74, 6) is -3.32. The van der Waals surface area contributed by atoms with Crippen molar-refractivity contribution in [3.05, 3.63) is 76.0 Å². The second-order valence-corrected chi connectivity index (χ2v) is 6.60. The fourth-order valence-electron chi connectivity index (χ4n) is 3.17. The van der Waals surface area contributed by atoms with E-state index >= 15 is 0 Å². The van der Waals surface area contributed by atoms with Gasteiger partial charge in [0.15, 0.2) is 11.4 Å². The number of hydrogen-bond acceptors (Lipinski definition) is 5. The minimum Gasteiger partial charge on any atom is -0.408 e. The molecule has 0 fully saturated rings. The number of halogens is 2. The molecule has 2 heterocycles. The van der Waals surface area contributed by atoms with Crippen LogP contribution >= 0.6 is 0 Å². The lowest BCUT2D eigenvalue weighted by Crippen LogP contribution is -2.16. The van der Waals surface area contributed by atoms with Gasteiger partial charge >= 0.3 is 5.76 Å². The van der Waals surface area contributed by atoms with Crippen LogP contribution in [0, 0.1) is 11.6 Å². The molecule has 0 bridgehead atoms. The van der Waals surface area contributed by atoms with Crippen LogP contribution in [0.15, 0.2) is 51.9 Å². The molecule has 0 aliphatic heterocycles. The molecule has 152 valence electrons. The van der Waals surface area contributed by atoms with Crippen molar-refractivity contribution < 1.29 is 18.0 Å². The molecular formula is C21H16F2N4O3. The third kappa shape index (κ3) is 3.34. The highest BCUT2D eigenvalue weighted by atomic mass is 19.1. The average Bonchev–Trinajstić information content (AvgIpc) is 3.00. The molecule has 0 saturated heterocycles. The molecular weight excluding hydrogens is 394 g/mol. The summed E-state index contributed by atoms with van der Waals surface area (Å²) < 4.78 is 34.1. The normalized spacial score (nSPS) is 11.1. The zero-order valence-corrected chi connectivity index (χ0v) is 16.1. The number of nitrogens with one attached hydrogen (secondary N) is 1. The van der Waals surface area contributed by atoms with E-state index in [0.29, 0.717) is 23.2 Å². The quantitative estimate of drug-likeness (QED) is 0.554. The lowest BCUT2D eigenvalue weighted by Gasteiger charge is -2.09. The molecule has 2 aromatic heterocycles.